The molecular weight excluding hydrogens is 208 g/mol. The highest BCUT2D eigenvalue weighted by Gasteiger charge is 2.41. The van der Waals surface area contributed by atoms with Gasteiger partial charge in [-0.1, -0.05) is 0 Å². The van der Waals surface area contributed by atoms with Crippen LogP contribution in [0.25, 0.3) is 0 Å². The van der Waals surface area contributed by atoms with Crippen molar-refractivity contribution in [3.8, 4) is 0 Å². The van der Waals surface area contributed by atoms with E-state index in [1.54, 1.807) is 11.3 Å². The van der Waals surface area contributed by atoms with E-state index in [1.807, 2.05) is 11.6 Å². The van der Waals surface area contributed by atoms with E-state index in [2.05, 4.69) is 17.2 Å². The van der Waals surface area contributed by atoms with Crippen molar-refractivity contribution in [3.05, 3.63) is 16.6 Å². The van der Waals surface area contributed by atoms with Crippen molar-refractivity contribution < 1.29 is 4.74 Å². The van der Waals surface area contributed by atoms with Crippen LogP contribution in [0.1, 0.15) is 37.2 Å². The molecule has 0 amide bonds. The molecule has 15 heavy (non-hydrogen) atoms. The van der Waals surface area contributed by atoms with Crippen LogP contribution in [-0.2, 0) is 4.74 Å². The van der Waals surface area contributed by atoms with E-state index < -0.39 is 0 Å². The van der Waals surface area contributed by atoms with E-state index in [9.17, 15) is 0 Å². The molecule has 1 aromatic rings. The first-order valence-corrected chi connectivity index (χ1v) is 6.52. The minimum atomic E-state index is 0.359. The number of rotatable bonds is 3. The number of aromatic nitrogens is 1. The lowest BCUT2D eigenvalue weighted by molar-refractivity contribution is 0.0962. The third-order valence-corrected chi connectivity index (χ3v) is 4.35. The Bertz CT molecular complexity index is 327. The molecule has 1 aromatic heterocycles. The zero-order valence-electron chi connectivity index (χ0n) is 8.85. The van der Waals surface area contributed by atoms with Gasteiger partial charge in [0, 0.05) is 17.6 Å². The van der Waals surface area contributed by atoms with Crippen LogP contribution >= 0.6 is 11.3 Å². The van der Waals surface area contributed by atoms with E-state index in [-0.39, 0.29) is 0 Å². The lowest BCUT2D eigenvalue weighted by Crippen LogP contribution is -2.38. The average Bonchev–Trinajstić information content (AvgIpc) is 2.95. The summed E-state index contributed by atoms with van der Waals surface area (Å²) in [5, 5.41) is 6.85. The van der Waals surface area contributed by atoms with Gasteiger partial charge in [-0.15, -0.1) is 11.3 Å². The SMILES string of the molecule is CC(NC1CC2CCC1O2)c1nccs1. The van der Waals surface area contributed by atoms with Crippen molar-refractivity contribution in [1.82, 2.24) is 10.3 Å². The molecule has 0 aliphatic carbocycles. The number of nitrogens with one attached hydrogen (secondary N) is 1. The summed E-state index contributed by atoms with van der Waals surface area (Å²) in [5.41, 5.74) is 0. The molecule has 2 aliphatic rings. The van der Waals surface area contributed by atoms with Crippen molar-refractivity contribution in [2.45, 2.75) is 50.5 Å². The molecule has 2 bridgehead atoms. The van der Waals surface area contributed by atoms with Crippen LogP contribution in [0, 0.1) is 0 Å². The van der Waals surface area contributed by atoms with Crippen LogP contribution in [0.3, 0.4) is 0 Å². The van der Waals surface area contributed by atoms with Crippen molar-refractivity contribution in [2.75, 3.05) is 0 Å². The van der Waals surface area contributed by atoms with Crippen LogP contribution in [0.15, 0.2) is 11.6 Å². The molecule has 3 nitrogen and oxygen atoms in total. The Morgan fingerprint density at radius 1 is 1.60 bits per heavy atom. The lowest BCUT2D eigenvalue weighted by Gasteiger charge is -2.23. The van der Waals surface area contributed by atoms with E-state index in [0.717, 1.165) is 0 Å². The van der Waals surface area contributed by atoms with Gasteiger partial charge in [-0.05, 0) is 26.2 Å². The molecule has 3 rings (SSSR count). The standard InChI is InChI=1S/C11H16N2OS/c1-7(11-12-4-5-15-11)13-9-6-8-2-3-10(9)14-8/h4-5,7-10,13H,2-3,6H2,1H3. The Kier molecular flexibility index (Phi) is 2.50. The molecule has 2 aliphatic heterocycles. The van der Waals surface area contributed by atoms with Gasteiger partial charge in [0.1, 0.15) is 5.01 Å². The second-order valence-corrected chi connectivity index (χ2v) is 5.40. The van der Waals surface area contributed by atoms with E-state index in [1.165, 1.54) is 24.3 Å². The smallest absolute Gasteiger partial charge is 0.109 e. The molecule has 82 valence electrons. The Hall–Kier alpha value is -0.450. The molecule has 4 atom stereocenters. The fraction of sp³-hybridized carbons (Fsp3) is 0.727. The summed E-state index contributed by atoms with van der Waals surface area (Å²) in [7, 11) is 0. The quantitative estimate of drug-likeness (QED) is 0.854. The topological polar surface area (TPSA) is 34.1 Å². The average molecular weight is 224 g/mol. The summed E-state index contributed by atoms with van der Waals surface area (Å²) in [6, 6.07) is 0.903. The van der Waals surface area contributed by atoms with Crippen molar-refractivity contribution in [2.24, 2.45) is 0 Å². The first-order valence-electron chi connectivity index (χ1n) is 5.64. The van der Waals surface area contributed by atoms with Gasteiger partial charge >= 0.3 is 0 Å². The van der Waals surface area contributed by atoms with E-state index in [0.29, 0.717) is 24.3 Å². The minimum absolute atomic E-state index is 0.359. The first kappa shape index (κ1) is 9.75. The number of thiazole rings is 1. The van der Waals surface area contributed by atoms with Crippen LogP contribution in [0.5, 0.6) is 0 Å². The third kappa shape index (κ3) is 1.82. The Labute approximate surface area is 93.9 Å². The Balaban J connectivity index is 1.62. The summed E-state index contributed by atoms with van der Waals surface area (Å²) < 4.78 is 5.82. The molecule has 4 heteroatoms. The summed E-state index contributed by atoms with van der Waals surface area (Å²) in [6.45, 7) is 2.19. The zero-order valence-corrected chi connectivity index (χ0v) is 9.67. The van der Waals surface area contributed by atoms with E-state index >= 15 is 0 Å². The van der Waals surface area contributed by atoms with Crippen LogP contribution in [-0.4, -0.2) is 23.2 Å². The molecular formula is C11H16N2OS. The normalized spacial score (nSPS) is 35.9. The van der Waals surface area contributed by atoms with E-state index in [4.69, 9.17) is 4.74 Å². The van der Waals surface area contributed by atoms with Gasteiger partial charge in [-0.2, -0.15) is 0 Å². The Morgan fingerprint density at radius 3 is 3.13 bits per heavy atom. The van der Waals surface area contributed by atoms with Crippen LogP contribution < -0.4 is 5.32 Å². The van der Waals surface area contributed by atoms with Gasteiger partial charge in [0.05, 0.1) is 18.2 Å². The second kappa shape index (κ2) is 3.85. The maximum absolute atomic E-state index is 5.82. The molecule has 4 unspecified atom stereocenters. The monoisotopic (exact) mass is 224 g/mol. The highest BCUT2D eigenvalue weighted by molar-refractivity contribution is 7.09. The van der Waals surface area contributed by atoms with Crippen molar-refractivity contribution in [3.63, 3.8) is 0 Å². The fourth-order valence-corrected chi connectivity index (χ4v) is 3.31. The highest BCUT2D eigenvalue weighted by atomic mass is 32.1. The van der Waals surface area contributed by atoms with Gasteiger partial charge in [0.15, 0.2) is 0 Å². The molecule has 2 saturated heterocycles. The number of hydrogen-bond donors (Lipinski definition) is 1. The molecule has 1 N–H and O–H groups in total. The largest absolute Gasteiger partial charge is 0.373 e. The highest BCUT2D eigenvalue weighted by Crippen LogP contribution is 2.35. The first-order chi connectivity index (χ1) is 7.33. The predicted molar refractivity (Wildman–Crippen MR) is 60.0 cm³/mol. The molecule has 0 aromatic carbocycles. The van der Waals surface area contributed by atoms with Gasteiger partial charge in [-0.3, -0.25) is 0 Å². The zero-order chi connectivity index (χ0) is 10.3. The minimum Gasteiger partial charge on any atom is -0.373 e. The number of ether oxygens (including phenoxy) is 1. The lowest BCUT2D eigenvalue weighted by atomic mass is 9.95. The maximum atomic E-state index is 5.82. The molecule has 3 heterocycles. The summed E-state index contributed by atoms with van der Waals surface area (Å²) >= 11 is 1.72. The fourth-order valence-electron chi connectivity index (χ4n) is 2.65. The number of fused-ring (bicyclic) bond motifs is 2. The molecule has 0 saturated carbocycles. The summed E-state index contributed by atoms with van der Waals surface area (Å²) in [6.07, 6.45) is 6.52. The Morgan fingerprint density at radius 2 is 2.53 bits per heavy atom. The summed E-state index contributed by atoms with van der Waals surface area (Å²) in [4.78, 5) is 4.34. The van der Waals surface area contributed by atoms with Crippen LogP contribution in [0.4, 0.5) is 0 Å². The van der Waals surface area contributed by atoms with Gasteiger partial charge in [-0.25, -0.2) is 4.98 Å². The molecule has 0 spiro atoms. The molecule has 0 radical (unpaired) electrons. The van der Waals surface area contributed by atoms with Crippen LogP contribution in [0.2, 0.25) is 0 Å². The predicted octanol–water partition coefficient (Wildman–Crippen LogP) is 2.11. The van der Waals surface area contributed by atoms with Gasteiger partial charge in [0.2, 0.25) is 0 Å². The van der Waals surface area contributed by atoms with Gasteiger partial charge < -0.3 is 10.1 Å². The number of hydrogen-bond acceptors (Lipinski definition) is 4. The summed E-state index contributed by atoms with van der Waals surface area (Å²) in [5.74, 6) is 0. The van der Waals surface area contributed by atoms with Crippen molar-refractivity contribution >= 4 is 11.3 Å². The maximum Gasteiger partial charge on any atom is 0.109 e. The van der Waals surface area contributed by atoms with Crippen molar-refractivity contribution in [1.29, 1.82) is 0 Å². The number of nitrogens with zero attached hydrogens (tertiary/aromatic N) is 1. The second-order valence-electron chi connectivity index (χ2n) is 4.47. The third-order valence-electron chi connectivity index (χ3n) is 3.39. The molecule has 2 fully saturated rings. The van der Waals surface area contributed by atoms with Gasteiger partial charge in [0.25, 0.3) is 0 Å².